The SMILES string of the molecule is O=C(O)c1ccc(C(=O)O)c(N2C(=O)c3cccc4c(O)ccc(c34)C2=O)c1. The van der Waals surface area contributed by atoms with E-state index in [0.29, 0.717) is 10.3 Å². The van der Waals surface area contributed by atoms with Gasteiger partial charge in [-0.25, -0.2) is 14.5 Å². The van der Waals surface area contributed by atoms with Gasteiger partial charge in [0.1, 0.15) is 5.75 Å². The molecule has 0 fully saturated rings. The highest BCUT2D eigenvalue weighted by Crippen LogP contribution is 2.37. The molecule has 0 saturated carbocycles. The number of hydrogen-bond donors (Lipinski definition) is 3. The summed E-state index contributed by atoms with van der Waals surface area (Å²) in [4.78, 5) is 49.7. The van der Waals surface area contributed by atoms with Crippen molar-refractivity contribution in [1.82, 2.24) is 0 Å². The molecule has 1 aliphatic heterocycles. The number of nitrogens with zero attached hydrogens (tertiary/aromatic N) is 1. The Kier molecular flexibility index (Phi) is 3.64. The van der Waals surface area contributed by atoms with E-state index in [4.69, 9.17) is 0 Å². The highest BCUT2D eigenvalue weighted by Gasteiger charge is 2.36. The van der Waals surface area contributed by atoms with Crippen LogP contribution in [0.2, 0.25) is 0 Å². The van der Waals surface area contributed by atoms with Gasteiger partial charge >= 0.3 is 11.9 Å². The molecule has 8 heteroatoms. The molecule has 8 nitrogen and oxygen atoms in total. The second kappa shape index (κ2) is 5.92. The Hall–Kier alpha value is -4.20. The molecule has 0 unspecified atom stereocenters. The van der Waals surface area contributed by atoms with Crippen LogP contribution in [0.25, 0.3) is 10.8 Å². The lowest BCUT2D eigenvalue weighted by atomic mass is 9.92. The predicted octanol–water partition coefficient (Wildman–Crippen LogP) is 2.74. The van der Waals surface area contributed by atoms with Crippen LogP contribution >= 0.6 is 0 Å². The Morgan fingerprint density at radius 1 is 0.821 bits per heavy atom. The first-order valence-corrected chi connectivity index (χ1v) is 8.05. The number of aromatic carboxylic acids is 2. The zero-order chi connectivity index (χ0) is 20.2. The Morgan fingerprint density at radius 3 is 2.14 bits per heavy atom. The summed E-state index contributed by atoms with van der Waals surface area (Å²) in [7, 11) is 0. The Bertz CT molecular complexity index is 1210. The van der Waals surface area contributed by atoms with E-state index in [1.54, 1.807) is 6.07 Å². The monoisotopic (exact) mass is 377 g/mol. The lowest BCUT2D eigenvalue weighted by molar-refractivity contribution is 0.0681. The van der Waals surface area contributed by atoms with Gasteiger partial charge in [0.2, 0.25) is 0 Å². The van der Waals surface area contributed by atoms with Crippen LogP contribution in [0.1, 0.15) is 41.4 Å². The summed E-state index contributed by atoms with van der Waals surface area (Å²) in [5, 5.41) is 29.3. The summed E-state index contributed by atoms with van der Waals surface area (Å²) >= 11 is 0. The Balaban J connectivity index is 2.01. The normalized spacial score (nSPS) is 13.1. The zero-order valence-corrected chi connectivity index (χ0v) is 14.0. The second-order valence-corrected chi connectivity index (χ2v) is 6.15. The van der Waals surface area contributed by atoms with Crippen LogP contribution in [-0.2, 0) is 0 Å². The summed E-state index contributed by atoms with van der Waals surface area (Å²) in [6.07, 6.45) is 0. The molecule has 0 aromatic heterocycles. The first kappa shape index (κ1) is 17.2. The fourth-order valence-electron chi connectivity index (χ4n) is 3.33. The number of carbonyl (C=O) groups is 4. The molecule has 0 atom stereocenters. The largest absolute Gasteiger partial charge is 0.507 e. The number of hydrogen-bond acceptors (Lipinski definition) is 5. The Labute approximate surface area is 156 Å². The number of benzene rings is 3. The number of carbonyl (C=O) groups excluding carboxylic acids is 2. The van der Waals surface area contributed by atoms with Gasteiger partial charge in [-0.1, -0.05) is 12.1 Å². The van der Waals surface area contributed by atoms with Crippen LogP contribution in [-0.4, -0.2) is 39.1 Å². The molecule has 0 spiro atoms. The molecule has 1 aliphatic rings. The number of amides is 2. The van der Waals surface area contributed by atoms with Gasteiger partial charge in [-0.2, -0.15) is 0 Å². The standard InChI is InChI=1S/C20H11NO7/c22-15-7-6-13-16-11(15)2-1-3-12(16)17(23)21(18(13)24)14-8-9(19(25)26)4-5-10(14)20(27)28/h1-8,22H,(H,25,26)(H,27,28). The molecule has 0 saturated heterocycles. The molecule has 0 radical (unpaired) electrons. The summed E-state index contributed by atoms with van der Waals surface area (Å²) in [6, 6.07) is 10.3. The molecule has 3 aromatic rings. The van der Waals surface area contributed by atoms with E-state index in [1.807, 2.05) is 0 Å². The van der Waals surface area contributed by atoms with Crippen LogP contribution in [0.4, 0.5) is 5.69 Å². The molecule has 138 valence electrons. The zero-order valence-electron chi connectivity index (χ0n) is 14.0. The summed E-state index contributed by atoms with van der Waals surface area (Å²) in [6.45, 7) is 0. The van der Waals surface area contributed by atoms with E-state index in [-0.39, 0.29) is 39.1 Å². The fourth-order valence-corrected chi connectivity index (χ4v) is 3.33. The third kappa shape index (κ3) is 2.32. The van der Waals surface area contributed by atoms with Crippen molar-refractivity contribution >= 4 is 40.2 Å². The van der Waals surface area contributed by atoms with Crippen LogP contribution in [0.5, 0.6) is 5.75 Å². The van der Waals surface area contributed by atoms with Crippen molar-refractivity contribution in [2.45, 2.75) is 0 Å². The summed E-state index contributed by atoms with van der Waals surface area (Å²) < 4.78 is 0. The average Bonchev–Trinajstić information content (AvgIpc) is 2.67. The predicted molar refractivity (Wildman–Crippen MR) is 97.1 cm³/mol. The van der Waals surface area contributed by atoms with Gasteiger partial charge in [-0.3, -0.25) is 9.59 Å². The maximum absolute atomic E-state index is 13.1. The van der Waals surface area contributed by atoms with Crippen molar-refractivity contribution in [3.8, 4) is 5.75 Å². The van der Waals surface area contributed by atoms with Gasteiger partial charge in [0.05, 0.1) is 16.8 Å². The second-order valence-electron chi connectivity index (χ2n) is 6.15. The van der Waals surface area contributed by atoms with E-state index in [9.17, 15) is 34.5 Å². The van der Waals surface area contributed by atoms with Gasteiger partial charge in [-0.15, -0.1) is 0 Å². The number of aromatic hydroxyl groups is 1. The van der Waals surface area contributed by atoms with Crippen molar-refractivity contribution < 1.29 is 34.5 Å². The minimum absolute atomic E-state index is 0.0973. The van der Waals surface area contributed by atoms with Crippen LogP contribution < -0.4 is 4.90 Å². The minimum Gasteiger partial charge on any atom is -0.507 e. The summed E-state index contributed by atoms with van der Waals surface area (Å²) in [5.74, 6) is -4.46. The van der Waals surface area contributed by atoms with Crippen LogP contribution in [0.3, 0.4) is 0 Å². The van der Waals surface area contributed by atoms with E-state index in [0.717, 1.165) is 18.2 Å². The molecule has 2 amide bonds. The third-order valence-corrected chi connectivity index (χ3v) is 4.60. The number of rotatable bonds is 3. The number of anilines is 1. The fraction of sp³-hybridized carbons (Fsp3) is 0. The van der Waals surface area contributed by atoms with Crippen molar-refractivity contribution in [3.63, 3.8) is 0 Å². The highest BCUT2D eigenvalue weighted by molar-refractivity contribution is 6.36. The molecule has 3 aromatic carbocycles. The summed E-state index contributed by atoms with van der Waals surface area (Å²) in [5.41, 5.74) is -0.797. The lowest BCUT2D eigenvalue weighted by Crippen LogP contribution is -2.41. The van der Waals surface area contributed by atoms with Crippen molar-refractivity contribution in [1.29, 1.82) is 0 Å². The molecule has 0 aliphatic carbocycles. The Morgan fingerprint density at radius 2 is 1.50 bits per heavy atom. The van der Waals surface area contributed by atoms with Crippen molar-refractivity contribution in [2.24, 2.45) is 0 Å². The quantitative estimate of drug-likeness (QED) is 0.598. The maximum Gasteiger partial charge on any atom is 0.337 e. The number of phenols is 1. The van der Waals surface area contributed by atoms with Crippen molar-refractivity contribution in [3.05, 3.63) is 70.8 Å². The smallest absolute Gasteiger partial charge is 0.337 e. The topological polar surface area (TPSA) is 132 Å². The molecule has 0 bridgehead atoms. The average molecular weight is 377 g/mol. The molecule has 28 heavy (non-hydrogen) atoms. The van der Waals surface area contributed by atoms with Gasteiger partial charge in [0.25, 0.3) is 11.8 Å². The van der Waals surface area contributed by atoms with Gasteiger partial charge in [-0.05, 0) is 36.4 Å². The van der Waals surface area contributed by atoms with Crippen LogP contribution in [0.15, 0.2) is 48.5 Å². The molecule has 3 N–H and O–H groups in total. The van der Waals surface area contributed by atoms with E-state index in [1.165, 1.54) is 24.3 Å². The van der Waals surface area contributed by atoms with Gasteiger partial charge in [0, 0.05) is 21.9 Å². The van der Waals surface area contributed by atoms with Gasteiger partial charge < -0.3 is 15.3 Å². The van der Waals surface area contributed by atoms with E-state index >= 15 is 0 Å². The molecular weight excluding hydrogens is 366 g/mol. The van der Waals surface area contributed by atoms with Gasteiger partial charge in [0.15, 0.2) is 0 Å². The van der Waals surface area contributed by atoms with E-state index in [2.05, 4.69) is 0 Å². The minimum atomic E-state index is -1.41. The van der Waals surface area contributed by atoms with E-state index < -0.39 is 23.8 Å². The molecule has 1 heterocycles. The number of carboxylic acids is 2. The lowest BCUT2D eigenvalue weighted by Gasteiger charge is -2.28. The maximum atomic E-state index is 13.1. The highest BCUT2D eigenvalue weighted by atomic mass is 16.4. The first-order chi connectivity index (χ1) is 13.3. The number of carboxylic acid groups (broad SMARTS) is 2. The third-order valence-electron chi connectivity index (χ3n) is 4.60. The van der Waals surface area contributed by atoms with Crippen LogP contribution in [0, 0.1) is 0 Å². The number of imide groups is 1. The van der Waals surface area contributed by atoms with Crippen molar-refractivity contribution in [2.75, 3.05) is 4.90 Å². The molecule has 4 rings (SSSR count). The first-order valence-electron chi connectivity index (χ1n) is 8.05. The number of phenolic OH excluding ortho intramolecular Hbond substituents is 1. The molecular formula is C20H11NO7.